The summed E-state index contributed by atoms with van der Waals surface area (Å²) in [5.74, 6) is -0.797. The minimum Gasteiger partial charge on any atom is -0.454 e. The molecule has 0 aliphatic carbocycles. The molecule has 2 aliphatic rings. The Balaban J connectivity index is 1.88. The van der Waals surface area contributed by atoms with E-state index < -0.39 is 11.5 Å². The summed E-state index contributed by atoms with van der Waals surface area (Å²) in [6.07, 6.45) is 0.140. The van der Waals surface area contributed by atoms with Crippen molar-refractivity contribution < 1.29 is 19.1 Å². The van der Waals surface area contributed by atoms with Crippen molar-refractivity contribution in [3.63, 3.8) is 0 Å². The topological polar surface area (TPSA) is 55.8 Å². The van der Waals surface area contributed by atoms with E-state index in [1.165, 1.54) is 0 Å². The molecule has 0 bridgehead atoms. The van der Waals surface area contributed by atoms with Gasteiger partial charge in [-0.3, -0.25) is 9.59 Å². The first-order valence-electron chi connectivity index (χ1n) is 7.25. The molecule has 2 heterocycles. The lowest BCUT2D eigenvalue weighted by Gasteiger charge is -2.34. The van der Waals surface area contributed by atoms with Crippen LogP contribution in [-0.2, 0) is 24.7 Å². The van der Waals surface area contributed by atoms with E-state index in [1.54, 1.807) is 4.90 Å². The van der Waals surface area contributed by atoms with Crippen LogP contribution in [-0.4, -0.2) is 43.1 Å². The molecule has 0 aromatic heterocycles. The third kappa shape index (κ3) is 2.53. The van der Waals surface area contributed by atoms with Gasteiger partial charge in [-0.15, -0.1) is 0 Å². The fourth-order valence-electron chi connectivity index (χ4n) is 3.07. The monoisotopic (exact) mass is 289 g/mol. The van der Waals surface area contributed by atoms with E-state index in [9.17, 15) is 9.59 Å². The Morgan fingerprint density at radius 3 is 2.57 bits per heavy atom. The van der Waals surface area contributed by atoms with Crippen LogP contribution in [0.1, 0.15) is 18.9 Å². The van der Waals surface area contributed by atoms with E-state index in [4.69, 9.17) is 9.47 Å². The predicted molar refractivity (Wildman–Crippen MR) is 75.4 cm³/mol. The van der Waals surface area contributed by atoms with Gasteiger partial charge < -0.3 is 14.4 Å². The lowest BCUT2D eigenvalue weighted by atomic mass is 9.82. The minimum absolute atomic E-state index is 0.0181. The van der Waals surface area contributed by atoms with Gasteiger partial charge in [0.15, 0.2) is 0 Å². The summed E-state index contributed by atoms with van der Waals surface area (Å²) in [5.41, 5.74) is -0.0178. The number of rotatable bonds is 2. The lowest BCUT2D eigenvalue weighted by Crippen LogP contribution is -2.47. The average molecular weight is 289 g/mol. The summed E-state index contributed by atoms with van der Waals surface area (Å²) in [4.78, 5) is 26.4. The molecule has 1 aromatic rings. The van der Waals surface area contributed by atoms with Gasteiger partial charge in [0.05, 0.1) is 25.6 Å². The van der Waals surface area contributed by atoms with Crippen LogP contribution in [0.15, 0.2) is 30.3 Å². The van der Waals surface area contributed by atoms with Crippen LogP contribution >= 0.6 is 0 Å². The number of ether oxygens (including phenoxy) is 2. The van der Waals surface area contributed by atoms with Gasteiger partial charge in [0.1, 0.15) is 5.60 Å². The highest BCUT2D eigenvalue weighted by molar-refractivity contribution is 5.88. The second-order valence-corrected chi connectivity index (χ2v) is 5.64. The van der Waals surface area contributed by atoms with Crippen molar-refractivity contribution in [3.05, 3.63) is 35.9 Å². The van der Waals surface area contributed by atoms with Crippen molar-refractivity contribution in [1.29, 1.82) is 0 Å². The molecule has 2 aliphatic heterocycles. The van der Waals surface area contributed by atoms with Crippen molar-refractivity contribution in [2.75, 3.05) is 26.3 Å². The highest BCUT2D eigenvalue weighted by atomic mass is 16.6. The molecule has 0 unspecified atom stereocenters. The maximum absolute atomic E-state index is 12.8. The molecule has 1 amide bonds. The number of benzene rings is 1. The molecule has 0 N–H and O–H groups in total. The van der Waals surface area contributed by atoms with Crippen LogP contribution in [0.5, 0.6) is 0 Å². The third-order valence-corrected chi connectivity index (χ3v) is 4.33. The normalized spacial score (nSPS) is 29.3. The van der Waals surface area contributed by atoms with Crippen molar-refractivity contribution in [2.45, 2.75) is 18.9 Å². The Labute approximate surface area is 123 Å². The molecule has 1 aromatic carbocycles. The van der Waals surface area contributed by atoms with Crippen LogP contribution in [0.3, 0.4) is 0 Å². The summed E-state index contributed by atoms with van der Waals surface area (Å²) in [6.45, 7) is 4.09. The fourth-order valence-corrected chi connectivity index (χ4v) is 3.07. The Kier molecular flexibility index (Phi) is 3.68. The number of esters is 1. The van der Waals surface area contributed by atoms with Crippen LogP contribution in [0.25, 0.3) is 0 Å². The Morgan fingerprint density at radius 1 is 1.24 bits per heavy atom. The highest BCUT2D eigenvalue weighted by Crippen LogP contribution is 2.42. The van der Waals surface area contributed by atoms with Crippen LogP contribution in [0, 0.1) is 5.92 Å². The SMILES string of the molecule is C[C@@]1(c2ccccc2)OC(=O)C[C@H]1C(=O)N1CCOCC1. The van der Waals surface area contributed by atoms with Gasteiger partial charge in [0.25, 0.3) is 0 Å². The standard InChI is InChI=1S/C16H19NO4/c1-16(12-5-3-2-4-6-12)13(11-14(18)21-16)15(19)17-7-9-20-10-8-17/h2-6,13H,7-11H2,1H3/t13-,16-/m0/s1. The largest absolute Gasteiger partial charge is 0.454 e. The van der Waals surface area contributed by atoms with Gasteiger partial charge in [-0.1, -0.05) is 30.3 Å². The molecule has 2 fully saturated rings. The summed E-state index contributed by atoms with van der Waals surface area (Å²) in [7, 11) is 0. The fraction of sp³-hybridized carbons (Fsp3) is 0.500. The van der Waals surface area contributed by atoms with E-state index >= 15 is 0 Å². The van der Waals surface area contributed by atoms with Gasteiger partial charge >= 0.3 is 5.97 Å². The zero-order valence-corrected chi connectivity index (χ0v) is 12.1. The summed E-state index contributed by atoms with van der Waals surface area (Å²) in [5, 5.41) is 0. The first kappa shape index (κ1) is 14.1. The Hall–Kier alpha value is -1.88. The predicted octanol–water partition coefficient (Wildman–Crippen LogP) is 1.32. The molecule has 2 atom stereocenters. The third-order valence-electron chi connectivity index (χ3n) is 4.33. The molecule has 5 heteroatoms. The average Bonchev–Trinajstić information content (AvgIpc) is 2.84. The smallest absolute Gasteiger partial charge is 0.307 e. The molecule has 0 spiro atoms. The molecule has 21 heavy (non-hydrogen) atoms. The molecule has 0 saturated carbocycles. The van der Waals surface area contributed by atoms with Gasteiger partial charge in [-0.2, -0.15) is 0 Å². The Bertz CT molecular complexity index is 538. The van der Waals surface area contributed by atoms with Crippen LogP contribution in [0.4, 0.5) is 0 Å². The molecule has 0 radical (unpaired) electrons. The zero-order valence-electron chi connectivity index (χ0n) is 12.1. The maximum Gasteiger partial charge on any atom is 0.307 e. The summed E-state index contributed by atoms with van der Waals surface area (Å²) < 4.78 is 10.8. The van der Waals surface area contributed by atoms with E-state index in [0.717, 1.165) is 5.56 Å². The van der Waals surface area contributed by atoms with Crippen LogP contribution in [0.2, 0.25) is 0 Å². The quantitative estimate of drug-likeness (QED) is 0.771. The number of carbonyl (C=O) groups is 2. The van der Waals surface area contributed by atoms with Crippen molar-refractivity contribution >= 4 is 11.9 Å². The lowest BCUT2D eigenvalue weighted by molar-refractivity contribution is -0.152. The van der Waals surface area contributed by atoms with E-state index in [-0.39, 0.29) is 18.3 Å². The summed E-state index contributed by atoms with van der Waals surface area (Å²) >= 11 is 0. The van der Waals surface area contributed by atoms with Crippen LogP contribution < -0.4 is 0 Å². The zero-order chi connectivity index (χ0) is 14.9. The van der Waals surface area contributed by atoms with E-state index in [2.05, 4.69) is 0 Å². The second-order valence-electron chi connectivity index (χ2n) is 5.64. The van der Waals surface area contributed by atoms with Gasteiger partial charge in [0, 0.05) is 13.1 Å². The minimum atomic E-state index is -0.881. The van der Waals surface area contributed by atoms with Crippen molar-refractivity contribution in [3.8, 4) is 0 Å². The van der Waals surface area contributed by atoms with Gasteiger partial charge in [-0.05, 0) is 12.5 Å². The highest BCUT2D eigenvalue weighted by Gasteiger charge is 2.51. The van der Waals surface area contributed by atoms with Gasteiger partial charge in [0.2, 0.25) is 5.91 Å². The molecular weight excluding hydrogens is 270 g/mol. The number of morpholine rings is 1. The number of hydrogen-bond acceptors (Lipinski definition) is 4. The molecular formula is C16H19NO4. The number of cyclic esters (lactones) is 1. The molecule has 2 saturated heterocycles. The number of amides is 1. The van der Waals surface area contributed by atoms with Crippen molar-refractivity contribution in [1.82, 2.24) is 4.90 Å². The number of hydrogen-bond donors (Lipinski definition) is 0. The first-order valence-corrected chi connectivity index (χ1v) is 7.25. The summed E-state index contributed by atoms with van der Waals surface area (Å²) in [6, 6.07) is 9.49. The number of carbonyl (C=O) groups excluding carboxylic acids is 2. The second kappa shape index (κ2) is 5.48. The molecule has 3 rings (SSSR count). The molecule has 112 valence electrons. The molecule has 5 nitrogen and oxygen atoms in total. The van der Waals surface area contributed by atoms with E-state index in [0.29, 0.717) is 26.3 Å². The Morgan fingerprint density at radius 2 is 1.90 bits per heavy atom. The van der Waals surface area contributed by atoms with Gasteiger partial charge in [-0.25, -0.2) is 0 Å². The van der Waals surface area contributed by atoms with Crippen molar-refractivity contribution in [2.24, 2.45) is 5.92 Å². The number of nitrogens with zero attached hydrogens (tertiary/aromatic N) is 1. The van der Waals surface area contributed by atoms with E-state index in [1.807, 2.05) is 37.3 Å². The first-order chi connectivity index (χ1) is 10.1. The maximum atomic E-state index is 12.8.